The zero-order valence-electron chi connectivity index (χ0n) is 14.7. The maximum Gasteiger partial charge on any atom is 0.349 e. The van der Waals surface area contributed by atoms with Gasteiger partial charge in [-0.15, -0.1) is 11.3 Å². The number of nitrogens with one attached hydrogen (secondary N) is 1. The topological polar surface area (TPSA) is 64.6 Å². The molecule has 25 heavy (non-hydrogen) atoms. The Balaban J connectivity index is 1.95. The third-order valence-electron chi connectivity index (χ3n) is 3.58. The predicted molar refractivity (Wildman–Crippen MR) is 97.8 cm³/mol. The smallest absolute Gasteiger partial charge is 0.349 e. The fourth-order valence-electron chi connectivity index (χ4n) is 2.27. The molecule has 0 radical (unpaired) electrons. The highest BCUT2D eigenvalue weighted by molar-refractivity contribution is 7.11. The second kappa shape index (κ2) is 9.22. The zero-order chi connectivity index (χ0) is 18.2. The molecule has 2 rings (SSSR count). The summed E-state index contributed by atoms with van der Waals surface area (Å²) < 4.78 is 10.5. The van der Waals surface area contributed by atoms with E-state index in [0.29, 0.717) is 17.8 Å². The molecule has 0 spiro atoms. The molecule has 0 aliphatic heterocycles. The molecule has 1 atom stereocenters. The molecular formula is C19H23NO4S. The van der Waals surface area contributed by atoms with Gasteiger partial charge in [-0.2, -0.15) is 0 Å². The molecule has 6 heteroatoms. The molecule has 1 N–H and O–H groups in total. The lowest BCUT2D eigenvalue weighted by molar-refractivity contribution is -0.130. The first kappa shape index (κ1) is 19.0. The number of rotatable bonds is 8. The van der Waals surface area contributed by atoms with Gasteiger partial charge in [0, 0.05) is 6.54 Å². The number of methoxy groups -OCH3 is 1. The van der Waals surface area contributed by atoms with Gasteiger partial charge in [0.15, 0.2) is 6.10 Å². The summed E-state index contributed by atoms with van der Waals surface area (Å²) in [6.07, 6.45) is -0.321. The monoisotopic (exact) mass is 361 g/mol. The summed E-state index contributed by atoms with van der Waals surface area (Å²) in [7, 11) is 1.61. The van der Waals surface area contributed by atoms with Gasteiger partial charge in [0.05, 0.1) is 7.11 Å². The van der Waals surface area contributed by atoms with Crippen LogP contribution in [0, 0.1) is 5.92 Å². The number of benzene rings is 1. The summed E-state index contributed by atoms with van der Waals surface area (Å²) in [5.74, 6) is 0.250. The van der Waals surface area contributed by atoms with E-state index in [1.165, 1.54) is 11.3 Å². The van der Waals surface area contributed by atoms with Crippen molar-refractivity contribution in [3.63, 3.8) is 0 Å². The Hall–Kier alpha value is -2.34. The van der Waals surface area contributed by atoms with E-state index in [9.17, 15) is 9.59 Å². The number of carbonyl (C=O) groups is 2. The van der Waals surface area contributed by atoms with Gasteiger partial charge < -0.3 is 14.8 Å². The summed E-state index contributed by atoms with van der Waals surface area (Å²) in [5, 5.41) is 4.64. The van der Waals surface area contributed by atoms with E-state index >= 15 is 0 Å². The van der Waals surface area contributed by atoms with Crippen molar-refractivity contribution in [3.05, 3.63) is 52.2 Å². The Labute approximate surface area is 152 Å². The Bertz CT molecular complexity index is 680. The van der Waals surface area contributed by atoms with Gasteiger partial charge in [0.2, 0.25) is 0 Å². The maximum atomic E-state index is 12.5. The number of ether oxygens (including phenoxy) is 2. The Morgan fingerprint density at radius 1 is 1.16 bits per heavy atom. The molecule has 0 saturated heterocycles. The largest absolute Gasteiger partial charge is 0.497 e. The van der Waals surface area contributed by atoms with E-state index in [1.807, 2.05) is 38.1 Å². The first-order chi connectivity index (χ1) is 12.0. The van der Waals surface area contributed by atoms with Crippen molar-refractivity contribution in [2.75, 3.05) is 7.11 Å². The molecule has 134 valence electrons. The summed E-state index contributed by atoms with van der Waals surface area (Å²) in [5.41, 5.74) is 0.946. The van der Waals surface area contributed by atoms with Crippen molar-refractivity contribution in [2.45, 2.75) is 32.9 Å². The highest BCUT2D eigenvalue weighted by atomic mass is 32.1. The molecule has 0 aliphatic carbocycles. The quantitative estimate of drug-likeness (QED) is 0.729. The summed E-state index contributed by atoms with van der Waals surface area (Å²) in [4.78, 5) is 25.1. The van der Waals surface area contributed by atoms with E-state index in [1.54, 1.807) is 24.6 Å². The Morgan fingerprint density at radius 2 is 1.88 bits per heavy atom. The molecule has 0 unspecified atom stereocenters. The second-order valence-electron chi connectivity index (χ2n) is 6.07. The summed E-state index contributed by atoms with van der Waals surface area (Å²) in [6.45, 7) is 4.35. The van der Waals surface area contributed by atoms with Crippen LogP contribution in [0.25, 0.3) is 0 Å². The highest BCUT2D eigenvalue weighted by Crippen LogP contribution is 2.16. The van der Waals surface area contributed by atoms with E-state index in [-0.39, 0.29) is 11.8 Å². The normalized spacial score (nSPS) is 11.8. The Kier molecular flexibility index (Phi) is 7.01. The number of thiophene rings is 1. The molecule has 0 bridgehead atoms. The van der Waals surface area contributed by atoms with Crippen LogP contribution in [0.1, 0.15) is 35.5 Å². The van der Waals surface area contributed by atoms with Gasteiger partial charge in [0.1, 0.15) is 10.6 Å². The molecule has 0 aliphatic rings. The summed E-state index contributed by atoms with van der Waals surface area (Å²) in [6, 6.07) is 10.9. The van der Waals surface area contributed by atoms with Crippen LogP contribution in [0.15, 0.2) is 41.8 Å². The van der Waals surface area contributed by atoms with Crippen molar-refractivity contribution in [3.8, 4) is 5.75 Å². The van der Waals surface area contributed by atoms with Crippen LogP contribution in [0.3, 0.4) is 0 Å². The fourth-order valence-corrected chi connectivity index (χ4v) is 2.87. The van der Waals surface area contributed by atoms with Crippen LogP contribution in [0.4, 0.5) is 0 Å². The molecule has 2 aromatic rings. The minimum absolute atomic E-state index is 0.230. The minimum atomic E-state index is -0.798. The van der Waals surface area contributed by atoms with Crippen LogP contribution in [-0.4, -0.2) is 25.1 Å². The molecular weight excluding hydrogens is 338 g/mol. The van der Waals surface area contributed by atoms with Crippen LogP contribution in [-0.2, 0) is 16.1 Å². The SMILES string of the molecule is COc1ccc(CNC(=O)[C@H](CC(C)C)OC(=O)c2cccs2)cc1. The van der Waals surface area contributed by atoms with Gasteiger partial charge in [-0.05, 0) is 41.5 Å². The number of amides is 1. The van der Waals surface area contributed by atoms with E-state index in [4.69, 9.17) is 9.47 Å². The number of carbonyl (C=O) groups excluding carboxylic acids is 2. The molecule has 1 amide bonds. The minimum Gasteiger partial charge on any atom is -0.497 e. The third-order valence-corrected chi connectivity index (χ3v) is 4.43. The maximum absolute atomic E-state index is 12.5. The van der Waals surface area contributed by atoms with Crippen LogP contribution < -0.4 is 10.1 Å². The van der Waals surface area contributed by atoms with Gasteiger partial charge in [0.25, 0.3) is 5.91 Å². The van der Waals surface area contributed by atoms with E-state index in [2.05, 4.69) is 5.32 Å². The molecule has 5 nitrogen and oxygen atoms in total. The van der Waals surface area contributed by atoms with Gasteiger partial charge in [-0.1, -0.05) is 32.0 Å². The van der Waals surface area contributed by atoms with Gasteiger partial charge in [-0.25, -0.2) is 4.79 Å². The van der Waals surface area contributed by atoms with Gasteiger partial charge in [-0.3, -0.25) is 4.79 Å². The van der Waals surface area contributed by atoms with Crippen LogP contribution in [0.5, 0.6) is 5.75 Å². The van der Waals surface area contributed by atoms with Crippen molar-refractivity contribution < 1.29 is 19.1 Å². The van der Waals surface area contributed by atoms with Crippen molar-refractivity contribution in [1.29, 1.82) is 0 Å². The lowest BCUT2D eigenvalue weighted by Crippen LogP contribution is -2.38. The Morgan fingerprint density at radius 3 is 2.44 bits per heavy atom. The first-order valence-electron chi connectivity index (χ1n) is 8.14. The lowest BCUT2D eigenvalue weighted by Gasteiger charge is -2.19. The molecule has 0 saturated carbocycles. The van der Waals surface area contributed by atoms with Gasteiger partial charge >= 0.3 is 5.97 Å². The first-order valence-corrected chi connectivity index (χ1v) is 9.02. The lowest BCUT2D eigenvalue weighted by atomic mass is 10.1. The molecule has 1 aromatic carbocycles. The van der Waals surface area contributed by atoms with E-state index < -0.39 is 12.1 Å². The predicted octanol–water partition coefficient (Wildman–Crippen LogP) is 3.64. The molecule has 1 aromatic heterocycles. The van der Waals surface area contributed by atoms with Crippen molar-refractivity contribution in [1.82, 2.24) is 5.32 Å². The van der Waals surface area contributed by atoms with Crippen LogP contribution in [0.2, 0.25) is 0 Å². The number of hydrogen-bond acceptors (Lipinski definition) is 5. The third kappa shape index (κ3) is 5.90. The molecule has 0 fully saturated rings. The average Bonchev–Trinajstić information content (AvgIpc) is 3.14. The highest BCUT2D eigenvalue weighted by Gasteiger charge is 2.25. The van der Waals surface area contributed by atoms with Crippen molar-refractivity contribution >= 4 is 23.2 Å². The van der Waals surface area contributed by atoms with E-state index in [0.717, 1.165) is 11.3 Å². The zero-order valence-corrected chi connectivity index (χ0v) is 15.5. The second-order valence-corrected chi connectivity index (χ2v) is 7.01. The standard InChI is InChI=1S/C19H23NO4S/c1-13(2)11-16(24-19(22)17-5-4-10-25-17)18(21)20-12-14-6-8-15(23-3)9-7-14/h4-10,13,16H,11-12H2,1-3H3,(H,20,21)/t16-/m0/s1. The molecule has 1 heterocycles. The fraction of sp³-hybridized carbons (Fsp3) is 0.368. The summed E-state index contributed by atoms with van der Waals surface area (Å²) >= 11 is 1.30. The average molecular weight is 361 g/mol. The van der Waals surface area contributed by atoms with Crippen LogP contribution >= 0.6 is 11.3 Å². The number of esters is 1. The van der Waals surface area contributed by atoms with Crippen molar-refractivity contribution in [2.24, 2.45) is 5.92 Å². The number of hydrogen-bond donors (Lipinski definition) is 1.